The van der Waals surface area contributed by atoms with Gasteiger partial charge in [-0.1, -0.05) is 20.3 Å². The summed E-state index contributed by atoms with van der Waals surface area (Å²) in [7, 11) is 0. The number of rotatable bonds is 7. The molecule has 0 saturated heterocycles. The molecule has 1 aromatic heterocycles. The minimum atomic E-state index is -0.383. The standard InChI is InChI=1S/C21H20O6.C3H8/c1-3-24-21(23)15-4-6-16(7-5-15)25-10-11-26-17-8-9-18-14(2)12-20(22)27-19(18)13-17;1-3-2/h4-9,12-13H,3,10-11H2,1-2H3;3H2,1-2H3. The number of fused-ring (bicyclic) bond motifs is 1. The molecule has 3 aromatic rings. The summed E-state index contributed by atoms with van der Waals surface area (Å²) in [6, 6.07) is 13.6. The molecule has 30 heavy (non-hydrogen) atoms. The van der Waals surface area contributed by atoms with Gasteiger partial charge in [0.15, 0.2) is 0 Å². The second-order valence-corrected chi connectivity index (χ2v) is 6.56. The van der Waals surface area contributed by atoms with E-state index >= 15 is 0 Å². The lowest BCUT2D eigenvalue weighted by molar-refractivity contribution is 0.0526. The van der Waals surface area contributed by atoms with Crippen LogP contribution in [0.5, 0.6) is 11.5 Å². The van der Waals surface area contributed by atoms with Gasteiger partial charge in [-0.25, -0.2) is 9.59 Å². The van der Waals surface area contributed by atoms with Crippen LogP contribution in [0.15, 0.2) is 57.7 Å². The van der Waals surface area contributed by atoms with E-state index in [1.165, 1.54) is 12.5 Å². The fourth-order valence-electron chi connectivity index (χ4n) is 2.62. The molecule has 0 unspecified atom stereocenters. The van der Waals surface area contributed by atoms with Gasteiger partial charge in [0.1, 0.15) is 30.3 Å². The third kappa shape index (κ3) is 6.65. The van der Waals surface area contributed by atoms with E-state index < -0.39 is 0 Å². The van der Waals surface area contributed by atoms with Crippen molar-refractivity contribution in [2.45, 2.75) is 34.1 Å². The molecule has 0 saturated carbocycles. The first-order valence-corrected chi connectivity index (χ1v) is 10.1. The van der Waals surface area contributed by atoms with Gasteiger partial charge >= 0.3 is 11.6 Å². The Balaban J connectivity index is 0.00000101. The SMILES string of the molecule is CCC.CCOC(=O)c1ccc(OCCOc2ccc3c(C)cc(=O)oc3c2)cc1. The molecular weight excluding hydrogens is 384 g/mol. The maximum absolute atomic E-state index is 11.6. The van der Waals surface area contributed by atoms with E-state index in [9.17, 15) is 9.59 Å². The van der Waals surface area contributed by atoms with Crippen LogP contribution in [0.2, 0.25) is 0 Å². The largest absolute Gasteiger partial charge is 0.490 e. The number of ether oxygens (including phenoxy) is 3. The highest BCUT2D eigenvalue weighted by Crippen LogP contribution is 2.22. The molecular formula is C24H28O6. The molecule has 6 nitrogen and oxygen atoms in total. The van der Waals surface area contributed by atoms with Gasteiger partial charge in [0, 0.05) is 17.5 Å². The summed E-state index contributed by atoms with van der Waals surface area (Å²) in [5, 5.41) is 0.875. The number of aryl methyl sites for hydroxylation is 1. The number of hydrogen-bond donors (Lipinski definition) is 0. The highest BCUT2D eigenvalue weighted by atomic mass is 16.5. The van der Waals surface area contributed by atoms with Crippen molar-refractivity contribution in [3.8, 4) is 11.5 Å². The van der Waals surface area contributed by atoms with Crippen LogP contribution in [0.1, 0.15) is 43.1 Å². The highest BCUT2D eigenvalue weighted by molar-refractivity contribution is 5.89. The van der Waals surface area contributed by atoms with Gasteiger partial charge in [-0.3, -0.25) is 0 Å². The van der Waals surface area contributed by atoms with Crippen molar-refractivity contribution in [2.75, 3.05) is 19.8 Å². The summed E-state index contributed by atoms with van der Waals surface area (Å²) < 4.78 is 21.4. The Morgan fingerprint density at radius 3 is 2.13 bits per heavy atom. The van der Waals surface area contributed by atoms with Crippen molar-refractivity contribution in [1.29, 1.82) is 0 Å². The zero-order valence-corrected chi connectivity index (χ0v) is 17.9. The van der Waals surface area contributed by atoms with E-state index in [4.69, 9.17) is 18.6 Å². The summed E-state index contributed by atoms with van der Waals surface area (Å²) in [6.07, 6.45) is 1.25. The normalized spacial score (nSPS) is 10.1. The summed E-state index contributed by atoms with van der Waals surface area (Å²) in [4.78, 5) is 23.1. The molecule has 1 heterocycles. The third-order valence-electron chi connectivity index (χ3n) is 3.91. The smallest absolute Gasteiger partial charge is 0.338 e. The van der Waals surface area contributed by atoms with Crippen molar-refractivity contribution in [3.63, 3.8) is 0 Å². The Hall–Kier alpha value is -3.28. The highest BCUT2D eigenvalue weighted by Gasteiger charge is 2.06. The van der Waals surface area contributed by atoms with E-state index in [1.54, 1.807) is 37.3 Å². The van der Waals surface area contributed by atoms with Gasteiger partial charge in [-0.15, -0.1) is 0 Å². The van der Waals surface area contributed by atoms with E-state index in [-0.39, 0.29) is 11.6 Å². The molecule has 0 amide bonds. The average Bonchev–Trinajstić information content (AvgIpc) is 2.72. The van der Waals surface area contributed by atoms with Crippen LogP contribution in [0.25, 0.3) is 11.0 Å². The van der Waals surface area contributed by atoms with Crippen LogP contribution in [-0.4, -0.2) is 25.8 Å². The van der Waals surface area contributed by atoms with Gasteiger partial charge in [-0.2, -0.15) is 0 Å². The second kappa shape index (κ2) is 11.7. The minimum absolute atomic E-state index is 0.321. The van der Waals surface area contributed by atoms with Crippen molar-refractivity contribution < 1.29 is 23.4 Å². The zero-order valence-electron chi connectivity index (χ0n) is 17.9. The van der Waals surface area contributed by atoms with Crippen LogP contribution in [0, 0.1) is 6.92 Å². The summed E-state index contributed by atoms with van der Waals surface area (Å²) in [5.74, 6) is 0.870. The van der Waals surface area contributed by atoms with E-state index in [2.05, 4.69) is 13.8 Å². The van der Waals surface area contributed by atoms with Gasteiger partial charge in [0.2, 0.25) is 0 Å². The van der Waals surface area contributed by atoms with Gasteiger partial charge < -0.3 is 18.6 Å². The maximum atomic E-state index is 11.6. The predicted molar refractivity (Wildman–Crippen MR) is 117 cm³/mol. The lowest BCUT2D eigenvalue weighted by Gasteiger charge is -2.09. The average molecular weight is 412 g/mol. The molecule has 0 fully saturated rings. The van der Waals surface area contributed by atoms with E-state index in [1.807, 2.05) is 19.1 Å². The van der Waals surface area contributed by atoms with Crippen molar-refractivity contribution >= 4 is 16.9 Å². The Kier molecular flexibility index (Phi) is 8.94. The van der Waals surface area contributed by atoms with E-state index in [0.717, 1.165) is 10.9 Å². The molecule has 2 aromatic carbocycles. The Bertz CT molecular complexity index is 1000. The lowest BCUT2D eigenvalue weighted by Crippen LogP contribution is -2.09. The molecule has 160 valence electrons. The molecule has 6 heteroatoms. The third-order valence-corrected chi connectivity index (χ3v) is 3.91. The summed E-state index contributed by atoms with van der Waals surface area (Å²) in [6.45, 7) is 8.86. The predicted octanol–water partition coefficient (Wildman–Crippen LogP) is 5.15. The van der Waals surface area contributed by atoms with Gasteiger partial charge in [-0.05, 0) is 55.8 Å². The molecule has 0 spiro atoms. The Morgan fingerprint density at radius 2 is 1.50 bits per heavy atom. The first-order chi connectivity index (χ1) is 14.5. The Morgan fingerprint density at radius 1 is 0.900 bits per heavy atom. The topological polar surface area (TPSA) is 75.0 Å². The lowest BCUT2D eigenvalue weighted by atomic mass is 10.1. The zero-order chi connectivity index (χ0) is 21.9. The van der Waals surface area contributed by atoms with Crippen LogP contribution >= 0.6 is 0 Å². The first-order valence-electron chi connectivity index (χ1n) is 10.1. The summed E-state index contributed by atoms with van der Waals surface area (Å²) >= 11 is 0. The number of carbonyl (C=O) groups is 1. The number of esters is 1. The van der Waals surface area contributed by atoms with Crippen molar-refractivity contribution in [1.82, 2.24) is 0 Å². The van der Waals surface area contributed by atoms with Gasteiger partial charge in [0.25, 0.3) is 0 Å². The monoisotopic (exact) mass is 412 g/mol. The van der Waals surface area contributed by atoms with Crippen molar-refractivity contribution in [3.05, 3.63) is 70.1 Å². The van der Waals surface area contributed by atoms with Crippen LogP contribution in [-0.2, 0) is 4.74 Å². The van der Waals surface area contributed by atoms with E-state index in [0.29, 0.717) is 42.5 Å². The number of hydrogen-bond acceptors (Lipinski definition) is 6. The van der Waals surface area contributed by atoms with Crippen molar-refractivity contribution in [2.24, 2.45) is 0 Å². The van der Waals surface area contributed by atoms with Crippen LogP contribution in [0.3, 0.4) is 0 Å². The number of benzene rings is 2. The molecule has 0 radical (unpaired) electrons. The van der Waals surface area contributed by atoms with Gasteiger partial charge in [0.05, 0.1) is 12.2 Å². The maximum Gasteiger partial charge on any atom is 0.338 e. The minimum Gasteiger partial charge on any atom is -0.490 e. The fraction of sp³-hybridized carbons (Fsp3) is 0.333. The van der Waals surface area contributed by atoms with Crippen LogP contribution < -0.4 is 15.1 Å². The molecule has 0 bridgehead atoms. The summed E-state index contributed by atoms with van der Waals surface area (Å²) in [5.41, 5.74) is 1.45. The molecule has 0 aliphatic heterocycles. The Labute approximate surface area is 176 Å². The molecule has 0 aliphatic rings. The fourth-order valence-corrected chi connectivity index (χ4v) is 2.62. The second-order valence-electron chi connectivity index (χ2n) is 6.56. The van der Waals surface area contributed by atoms with Crippen LogP contribution in [0.4, 0.5) is 0 Å². The number of carbonyl (C=O) groups excluding carboxylic acids is 1. The first kappa shape index (κ1) is 23.0. The molecule has 0 atom stereocenters. The molecule has 3 rings (SSSR count). The molecule has 0 aliphatic carbocycles. The quantitative estimate of drug-likeness (QED) is 0.303. The molecule has 0 N–H and O–H groups in total.